The van der Waals surface area contributed by atoms with Crippen molar-refractivity contribution in [2.45, 2.75) is 62.9 Å². The van der Waals surface area contributed by atoms with Crippen LogP contribution in [0.4, 0.5) is 4.79 Å². The van der Waals surface area contributed by atoms with Crippen LogP contribution in [0.1, 0.15) is 56.9 Å². The van der Waals surface area contributed by atoms with Crippen LogP contribution >= 0.6 is 0 Å². The molecule has 0 unspecified atom stereocenters. The predicted molar refractivity (Wildman–Crippen MR) is 93.6 cm³/mol. The van der Waals surface area contributed by atoms with Gasteiger partial charge in [-0.1, -0.05) is 31.7 Å². The quantitative estimate of drug-likeness (QED) is 0.808. The Labute approximate surface area is 144 Å². The summed E-state index contributed by atoms with van der Waals surface area (Å²) in [5, 5.41) is 6.36. The summed E-state index contributed by atoms with van der Waals surface area (Å²) in [5.41, 5.74) is 0.824. The molecule has 0 saturated heterocycles. The fourth-order valence-electron chi connectivity index (χ4n) is 3.61. The minimum Gasteiger partial charge on any atom is -0.493 e. The Morgan fingerprint density at radius 3 is 2.29 bits per heavy atom. The largest absolute Gasteiger partial charge is 0.493 e. The normalized spacial score (nSPS) is 19.9. The minimum atomic E-state index is -0.256. The summed E-state index contributed by atoms with van der Waals surface area (Å²) < 4.78 is 10.7. The summed E-state index contributed by atoms with van der Waals surface area (Å²) in [6.07, 6.45) is 9.11. The fourth-order valence-corrected chi connectivity index (χ4v) is 3.61. The molecule has 1 aromatic carbocycles. The third kappa shape index (κ3) is 3.77. The first-order valence-electron chi connectivity index (χ1n) is 8.98. The van der Waals surface area contributed by atoms with E-state index in [4.69, 9.17) is 9.47 Å². The molecule has 2 fully saturated rings. The number of nitrogens with one attached hydrogen (secondary N) is 2. The maximum atomic E-state index is 12.5. The highest BCUT2D eigenvalue weighted by Crippen LogP contribution is 2.47. The molecule has 1 aromatic rings. The molecule has 0 aromatic heterocycles. The van der Waals surface area contributed by atoms with Crippen molar-refractivity contribution in [1.82, 2.24) is 10.6 Å². The molecule has 2 aliphatic carbocycles. The van der Waals surface area contributed by atoms with Crippen LogP contribution in [0, 0.1) is 0 Å². The number of carbonyl (C=O) groups is 1. The summed E-state index contributed by atoms with van der Waals surface area (Å²) in [4.78, 5) is 12.5. The van der Waals surface area contributed by atoms with Crippen LogP contribution in [-0.2, 0) is 5.54 Å². The van der Waals surface area contributed by atoms with E-state index in [1.807, 2.05) is 18.2 Å². The molecule has 0 heterocycles. The number of ether oxygens (including phenoxy) is 2. The summed E-state index contributed by atoms with van der Waals surface area (Å²) in [6.45, 7) is 0. The number of urea groups is 1. The Balaban J connectivity index is 1.64. The second-order valence-corrected chi connectivity index (χ2v) is 6.94. The molecule has 0 aliphatic heterocycles. The van der Waals surface area contributed by atoms with Crippen LogP contribution in [-0.4, -0.2) is 26.3 Å². The van der Waals surface area contributed by atoms with Crippen LogP contribution in [0.2, 0.25) is 0 Å². The molecule has 3 rings (SSSR count). The van der Waals surface area contributed by atoms with Crippen LogP contribution in [0.3, 0.4) is 0 Å². The van der Waals surface area contributed by atoms with E-state index in [1.54, 1.807) is 14.2 Å². The summed E-state index contributed by atoms with van der Waals surface area (Å²) in [5.74, 6) is 1.41. The van der Waals surface area contributed by atoms with Crippen molar-refractivity contribution >= 4 is 6.03 Å². The van der Waals surface area contributed by atoms with Gasteiger partial charge in [0, 0.05) is 6.04 Å². The zero-order chi connectivity index (χ0) is 17.0. The molecule has 24 heavy (non-hydrogen) atoms. The van der Waals surface area contributed by atoms with E-state index in [2.05, 4.69) is 10.6 Å². The van der Waals surface area contributed by atoms with E-state index < -0.39 is 0 Å². The number of methoxy groups -OCH3 is 2. The first-order valence-corrected chi connectivity index (χ1v) is 8.98. The molecule has 2 aliphatic rings. The van der Waals surface area contributed by atoms with Crippen molar-refractivity contribution in [2.75, 3.05) is 14.2 Å². The van der Waals surface area contributed by atoms with Gasteiger partial charge < -0.3 is 20.1 Å². The lowest BCUT2D eigenvalue weighted by atomic mass is 10.0. The second kappa shape index (κ2) is 7.32. The summed E-state index contributed by atoms with van der Waals surface area (Å²) >= 11 is 0. The number of amides is 2. The molecule has 0 atom stereocenters. The van der Waals surface area contributed by atoms with Crippen molar-refractivity contribution in [3.05, 3.63) is 23.8 Å². The number of hydrogen-bond donors (Lipinski definition) is 2. The molecular weight excluding hydrogens is 304 g/mol. The third-order valence-electron chi connectivity index (χ3n) is 5.23. The second-order valence-electron chi connectivity index (χ2n) is 6.94. The highest BCUT2D eigenvalue weighted by Gasteiger charge is 2.46. The van der Waals surface area contributed by atoms with Gasteiger partial charge in [0.05, 0.1) is 19.8 Å². The lowest BCUT2D eigenvalue weighted by molar-refractivity contribution is 0.230. The topological polar surface area (TPSA) is 59.6 Å². The van der Waals surface area contributed by atoms with Crippen molar-refractivity contribution in [3.63, 3.8) is 0 Å². The Hall–Kier alpha value is -1.91. The number of carbonyl (C=O) groups excluding carboxylic acids is 1. The molecule has 2 saturated carbocycles. The predicted octanol–water partition coefficient (Wildman–Crippen LogP) is 3.71. The van der Waals surface area contributed by atoms with Gasteiger partial charge in [-0.3, -0.25) is 0 Å². The monoisotopic (exact) mass is 332 g/mol. The first kappa shape index (κ1) is 16.9. The van der Waals surface area contributed by atoms with Gasteiger partial charge in [-0.2, -0.15) is 0 Å². The summed E-state index contributed by atoms with van der Waals surface area (Å²) in [6, 6.07) is 6.15. The molecule has 2 N–H and O–H groups in total. The molecule has 5 nitrogen and oxygen atoms in total. The third-order valence-corrected chi connectivity index (χ3v) is 5.23. The lowest BCUT2D eigenvalue weighted by Crippen LogP contribution is -2.46. The highest BCUT2D eigenvalue weighted by atomic mass is 16.5. The van der Waals surface area contributed by atoms with Gasteiger partial charge >= 0.3 is 6.03 Å². The van der Waals surface area contributed by atoms with Gasteiger partial charge in [0.2, 0.25) is 0 Å². The van der Waals surface area contributed by atoms with E-state index in [9.17, 15) is 4.79 Å². The van der Waals surface area contributed by atoms with Gasteiger partial charge in [0.1, 0.15) is 0 Å². The van der Waals surface area contributed by atoms with Gasteiger partial charge in [0.25, 0.3) is 0 Å². The van der Waals surface area contributed by atoms with Crippen molar-refractivity contribution in [1.29, 1.82) is 0 Å². The fraction of sp³-hybridized carbons (Fsp3) is 0.632. The van der Waals surface area contributed by atoms with Crippen LogP contribution in [0.25, 0.3) is 0 Å². The highest BCUT2D eigenvalue weighted by molar-refractivity contribution is 5.76. The van der Waals surface area contributed by atoms with Crippen LogP contribution < -0.4 is 20.1 Å². The number of rotatable bonds is 5. The molecule has 5 heteroatoms. The van der Waals surface area contributed by atoms with Gasteiger partial charge in [0.15, 0.2) is 11.5 Å². The Bertz CT molecular complexity index is 576. The minimum absolute atomic E-state index is 0.0471. The zero-order valence-corrected chi connectivity index (χ0v) is 14.7. The average Bonchev–Trinajstić information content (AvgIpc) is 3.39. The van der Waals surface area contributed by atoms with Gasteiger partial charge in [-0.15, -0.1) is 0 Å². The van der Waals surface area contributed by atoms with E-state index in [-0.39, 0.29) is 11.6 Å². The zero-order valence-electron chi connectivity index (χ0n) is 14.7. The lowest BCUT2D eigenvalue weighted by Gasteiger charge is -2.22. The molecule has 132 valence electrons. The molecule has 0 bridgehead atoms. The molecule has 2 amide bonds. The molecule has 0 radical (unpaired) electrons. The number of hydrogen-bond acceptors (Lipinski definition) is 3. The van der Waals surface area contributed by atoms with Crippen molar-refractivity contribution in [3.8, 4) is 11.5 Å². The van der Waals surface area contributed by atoms with Crippen molar-refractivity contribution < 1.29 is 14.3 Å². The maximum Gasteiger partial charge on any atom is 0.315 e. The Kier molecular flexibility index (Phi) is 5.17. The van der Waals surface area contributed by atoms with E-state index in [0.717, 1.165) is 31.2 Å². The van der Waals surface area contributed by atoms with Gasteiger partial charge in [-0.25, -0.2) is 4.79 Å². The van der Waals surface area contributed by atoms with Crippen LogP contribution in [0.15, 0.2) is 18.2 Å². The SMILES string of the molecule is COc1ccc(C2(NC(=O)NC3CCCCCC3)CC2)cc1OC. The smallest absolute Gasteiger partial charge is 0.315 e. The number of benzene rings is 1. The van der Waals surface area contributed by atoms with Gasteiger partial charge in [-0.05, 0) is 43.4 Å². The molecule has 0 spiro atoms. The van der Waals surface area contributed by atoms with E-state index in [1.165, 1.54) is 25.7 Å². The standard InChI is InChI=1S/C19H28N2O3/c1-23-16-10-9-14(13-17(16)24-2)19(11-12-19)21-18(22)20-15-7-5-3-4-6-8-15/h9-10,13,15H,3-8,11-12H2,1-2H3,(H2,20,21,22). The maximum absolute atomic E-state index is 12.5. The Morgan fingerprint density at radius 2 is 1.71 bits per heavy atom. The average molecular weight is 332 g/mol. The summed E-state index contributed by atoms with van der Waals surface area (Å²) in [7, 11) is 3.26. The first-order chi connectivity index (χ1) is 11.7. The van der Waals surface area contributed by atoms with E-state index in [0.29, 0.717) is 17.5 Å². The Morgan fingerprint density at radius 1 is 1.04 bits per heavy atom. The van der Waals surface area contributed by atoms with Crippen LogP contribution in [0.5, 0.6) is 11.5 Å². The van der Waals surface area contributed by atoms with Crippen molar-refractivity contribution in [2.24, 2.45) is 0 Å². The van der Waals surface area contributed by atoms with E-state index >= 15 is 0 Å². The molecular formula is C19H28N2O3.